The van der Waals surface area contributed by atoms with E-state index in [4.69, 9.17) is 4.42 Å². The predicted molar refractivity (Wildman–Crippen MR) is 87.7 cm³/mol. The quantitative estimate of drug-likeness (QED) is 0.720. The van der Waals surface area contributed by atoms with Crippen molar-refractivity contribution in [3.8, 4) is 0 Å². The van der Waals surface area contributed by atoms with Crippen LogP contribution in [0.2, 0.25) is 0 Å². The number of rotatable bonds is 5. The summed E-state index contributed by atoms with van der Waals surface area (Å²) in [6.45, 7) is 2.85. The molecule has 3 aromatic rings. The third kappa shape index (κ3) is 3.86. The van der Waals surface area contributed by atoms with Crippen LogP contribution in [0.15, 0.2) is 71.5 Å². The Balaban J connectivity index is 1.84. The van der Waals surface area contributed by atoms with Gasteiger partial charge in [0.15, 0.2) is 0 Å². The van der Waals surface area contributed by atoms with E-state index in [0.717, 1.165) is 17.0 Å². The number of carbonyl (C=O) groups is 1. The molecule has 2 heterocycles. The summed E-state index contributed by atoms with van der Waals surface area (Å²) in [6, 6.07) is 17.3. The lowest BCUT2D eigenvalue weighted by atomic mass is 10.1. The number of pyridine rings is 1. The molecular formula is C19H18N2O2. The van der Waals surface area contributed by atoms with Gasteiger partial charge in [-0.15, -0.1) is 0 Å². The van der Waals surface area contributed by atoms with E-state index in [1.165, 1.54) is 0 Å². The van der Waals surface area contributed by atoms with Crippen LogP contribution in [0.25, 0.3) is 0 Å². The Morgan fingerprint density at radius 3 is 2.52 bits per heavy atom. The molecule has 23 heavy (non-hydrogen) atoms. The van der Waals surface area contributed by atoms with Gasteiger partial charge in [-0.3, -0.25) is 9.78 Å². The van der Waals surface area contributed by atoms with E-state index in [1.807, 2.05) is 61.5 Å². The molecule has 4 nitrogen and oxygen atoms in total. The first kappa shape index (κ1) is 15.0. The van der Waals surface area contributed by atoms with Crippen LogP contribution in [-0.4, -0.2) is 15.8 Å². The van der Waals surface area contributed by atoms with Crippen LogP contribution in [0.5, 0.6) is 0 Å². The molecule has 4 heteroatoms. The summed E-state index contributed by atoms with van der Waals surface area (Å²) in [5.74, 6) is 0.701. The molecule has 0 radical (unpaired) electrons. The first-order valence-corrected chi connectivity index (χ1v) is 7.50. The largest absolute Gasteiger partial charge is 0.467 e. The molecule has 3 rings (SSSR count). The number of hydrogen-bond acceptors (Lipinski definition) is 3. The molecule has 0 atom stereocenters. The van der Waals surface area contributed by atoms with E-state index in [2.05, 4.69) is 4.98 Å². The lowest BCUT2D eigenvalue weighted by Gasteiger charge is -2.22. The molecule has 2 aromatic heterocycles. The summed E-state index contributed by atoms with van der Waals surface area (Å²) in [7, 11) is 0. The zero-order chi connectivity index (χ0) is 16.1. The zero-order valence-electron chi connectivity index (χ0n) is 13.0. The highest BCUT2D eigenvalue weighted by Gasteiger charge is 2.18. The van der Waals surface area contributed by atoms with Crippen LogP contribution in [0.4, 0.5) is 0 Å². The molecule has 1 amide bonds. The van der Waals surface area contributed by atoms with Crippen molar-refractivity contribution in [2.24, 2.45) is 0 Å². The number of nitrogens with zero attached hydrogens (tertiary/aromatic N) is 2. The van der Waals surface area contributed by atoms with E-state index in [-0.39, 0.29) is 5.91 Å². The van der Waals surface area contributed by atoms with Crippen molar-refractivity contribution in [1.82, 2.24) is 9.88 Å². The van der Waals surface area contributed by atoms with Crippen molar-refractivity contribution < 1.29 is 9.21 Å². The van der Waals surface area contributed by atoms with Crippen molar-refractivity contribution in [1.29, 1.82) is 0 Å². The summed E-state index contributed by atoms with van der Waals surface area (Å²) < 4.78 is 5.40. The van der Waals surface area contributed by atoms with Gasteiger partial charge < -0.3 is 9.32 Å². The minimum atomic E-state index is -0.0576. The molecule has 116 valence electrons. The second-order valence-electron chi connectivity index (χ2n) is 5.41. The van der Waals surface area contributed by atoms with Crippen LogP contribution in [0, 0.1) is 6.92 Å². The van der Waals surface area contributed by atoms with Gasteiger partial charge in [0.25, 0.3) is 5.91 Å². The fourth-order valence-electron chi connectivity index (χ4n) is 2.37. The molecule has 0 saturated carbocycles. The van der Waals surface area contributed by atoms with Gasteiger partial charge in [-0.2, -0.15) is 0 Å². The lowest BCUT2D eigenvalue weighted by Crippen LogP contribution is -2.30. The molecule has 0 spiro atoms. The third-order valence-electron chi connectivity index (χ3n) is 3.59. The minimum absolute atomic E-state index is 0.0576. The van der Waals surface area contributed by atoms with Gasteiger partial charge >= 0.3 is 0 Å². The second-order valence-corrected chi connectivity index (χ2v) is 5.41. The van der Waals surface area contributed by atoms with Crippen molar-refractivity contribution in [2.75, 3.05) is 0 Å². The van der Waals surface area contributed by atoms with Crippen LogP contribution in [-0.2, 0) is 13.1 Å². The summed E-state index contributed by atoms with van der Waals surface area (Å²) in [5.41, 5.74) is 2.55. The standard InChI is InChI=1S/C19H18N2O2/c1-15-9-10-17(12-20-15)19(22)21(14-18-8-5-11-23-18)13-16-6-3-2-4-7-16/h2-12H,13-14H2,1H3. The molecule has 0 aliphatic carbocycles. The number of aryl methyl sites for hydroxylation is 1. The van der Waals surface area contributed by atoms with Gasteiger partial charge in [0.2, 0.25) is 0 Å². The highest BCUT2D eigenvalue weighted by Crippen LogP contribution is 2.14. The molecule has 0 bridgehead atoms. The van der Waals surface area contributed by atoms with Crippen LogP contribution >= 0.6 is 0 Å². The maximum absolute atomic E-state index is 12.8. The molecular weight excluding hydrogens is 288 g/mol. The average Bonchev–Trinajstić information content (AvgIpc) is 3.08. The maximum Gasteiger partial charge on any atom is 0.256 e. The number of hydrogen-bond donors (Lipinski definition) is 0. The second kappa shape index (κ2) is 6.92. The van der Waals surface area contributed by atoms with Gasteiger partial charge in [-0.25, -0.2) is 0 Å². The predicted octanol–water partition coefficient (Wildman–Crippen LogP) is 3.83. The Bertz CT molecular complexity index is 750. The molecule has 0 unspecified atom stereocenters. The van der Waals surface area contributed by atoms with Crippen LogP contribution < -0.4 is 0 Å². The number of aromatic nitrogens is 1. The SMILES string of the molecule is Cc1ccc(C(=O)N(Cc2ccccc2)Cc2ccco2)cn1. The van der Waals surface area contributed by atoms with Crippen molar-refractivity contribution in [3.05, 3.63) is 89.6 Å². The van der Waals surface area contributed by atoms with E-state index in [9.17, 15) is 4.79 Å². The Morgan fingerprint density at radius 2 is 1.87 bits per heavy atom. The summed E-state index contributed by atoms with van der Waals surface area (Å²) >= 11 is 0. The van der Waals surface area contributed by atoms with Crippen LogP contribution in [0.3, 0.4) is 0 Å². The fraction of sp³-hybridized carbons (Fsp3) is 0.158. The average molecular weight is 306 g/mol. The van der Waals surface area contributed by atoms with Crippen molar-refractivity contribution in [2.45, 2.75) is 20.0 Å². The Morgan fingerprint density at radius 1 is 1.04 bits per heavy atom. The summed E-state index contributed by atoms with van der Waals surface area (Å²) in [4.78, 5) is 18.8. The molecule has 0 fully saturated rings. The van der Waals surface area contributed by atoms with Crippen molar-refractivity contribution in [3.63, 3.8) is 0 Å². The van der Waals surface area contributed by atoms with E-state index in [0.29, 0.717) is 18.7 Å². The third-order valence-corrected chi connectivity index (χ3v) is 3.59. The van der Waals surface area contributed by atoms with Gasteiger partial charge in [-0.05, 0) is 36.8 Å². The smallest absolute Gasteiger partial charge is 0.256 e. The first-order valence-electron chi connectivity index (χ1n) is 7.50. The molecule has 0 aliphatic rings. The lowest BCUT2D eigenvalue weighted by molar-refractivity contribution is 0.0717. The number of benzene rings is 1. The molecule has 0 saturated heterocycles. The monoisotopic (exact) mass is 306 g/mol. The molecule has 0 aliphatic heterocycles. The Labute approximate surface area is 135 Å². The van der Waals surface area contributed by atoms with Crippen molar-refractivity contribution >= 4 is 5.91 Å². The first-order chi connectivity index (χ1) is 11.2. The minimum Gasteiger partial charge on any atom is -0.467 e. The van der Waals surface area contributed by atoms with Gasteiger partial charge in [-0.1, -0.05) is 30.3 Å². The van der Waals surface area contributed by atoms with Crippen LogP contribution in [0.1, 0.15) is 27.4 Å². The number of furan rings is 1. The van der Waals surface area contributed by atoms with E-state index < -0.39 is 0 Å². The normalized spacial score (nSPS) is 10.5. The Kier molecular flexibility index (Phi) is 4.52. The highest BCUT2D eigenvalue weighted by molar-refractivity contribution is 5.93. The highest BCUT2D eigenvalue weighted by atomic mass is 16.3. The molecule has 0 N–H and O–H groups in total. The van der Waals surface area contributed by atoms with E-state index >= 15 is 0 Å². The molecule has 1 aromatic carbocycles. The van der Waals surface area contributed by atoms with Gasteiger partial charge in [0.05, 0.1) is 18.4 Å². The number of carbonyl (C=O) groups excluding carboxylic acids is 1. The topological polar surface area (TPSA) is 46.3 Å². The summed E-state index contributed by atoms with van der Waals surface area (Å²) in [6.07, 6.45) is 3.24. The van der Waals surface area contributed by atoms with Gasteiger partial charge in [0.1, 0.15) is 5.76 Å². The fourth-order valence-corrected chi connectivity index (χ4v) is 2.37. The zero-order valence-corrected chi connectivity index (χ0v) is 13.0. The maximum atomic E-state index is 12.8. The number of amides is 1. The van der Waals surface area contributed by atoms with E-state index in [1.54, 1.807) is 17.4 Å². The summed E-state index contributed by atoms with van der Waals surface area (Å²) in [5, 5.41) is 0. The van der Waals surface area contributed by atoms with Gasteiger partial charge in [0, 0.05) is 18.4 Å². The Hall–Kier alpha value is -2.88.